The fraction of sp³-hybridized carbons (Fsp3) is 0.333. The number of anilines is 2. The lowest BCUT2D eigenvalue weighted by Gasteiger charge is -2.17. The Bertz CT molecular complexity index is 955. The average Bonchev–Trinajstić information content (AvgIpc) is 3.27. The Morgan fingerprint density at radius 2 is 2.00 bits per heavy atom. The zero-order chi connectivity index (χ0) is 18.1. The number of esters is 1. The minimum atomic E-state index is -0.337. The third kappa shape index (κ3) is 3.05. The van der Waals surface area contributed by atoms with Gasteiger partial charge in [-0.1, -0.05) is 25.0 Å². The van der Waals surface area contributed by atoms with Gasteiger partial charge in [0.25, 0.3) is 0 Å². The number of ether oxygens (including phenoxy) is 1. The molecule has 1 aliphatic carbocycles. The first kappa shape index (κ1) is 16.6. The van der Waals surface area contributed by atoms with Crippen molar-refractivity contribution in [3.63, 3.8) is 0 Å². The highest BCUT2D eigenvalue weighted by Crippen LogP contribution is 2.36. The molecular formula is C21H23N3O2. The Kier molecular flexibility index (Phi) is 4.37. The van der Waals surface area contributed by atoms with Crippen molar-refractivity contribution in [3.8, 4) is 0 Å². The van der Waals surface area contributed by atoms with Crippen LogP contribution in [-0.4, -0.2) is 22.6 Å². The van der Waals surface area contributed by atoms with Crippen LogP contribution in [0.25, 0.3) is 11.0 Å². The summed E-state index contributed by atoms with van der Waals surface area (Å²) in [6, 6.07) is 14.3. The molecule has 134 valence electrons. The maximum atomic E-state index is 11.9. The highest BCUT2D eigenvalue weighted by molar-refractivity contribution is 5.94. The lowest BCUT2D eigenvalue weighted by atomic mass is 10.2. The predicted molar refractivity (Wildman–Crippen MR) is 103 cm³/mol. The first-order valence-corrected chi connectivity index (χ1v) is 9.10. The molecule has 0 saturated heterocycles. The fourth-order valence-electron chi connectivity index (χ4n) is 3.82. The molecule has 1 saturated carbocycles. The number of nitrogens with zero attached hydrogens (tertiary/aromatic N) is 2. The summed E-state index contributed by atoms with van der Waals surface area (Å²) in [6.07, 6.45) is 4.81. The minimum absolute atomic E-state index is 0.337. The van der Waals surface area contributed by atoms with Crippen LogP contribution in [0.15, 0.2) is 42.5 Å². The van der Waals surface area contributed by atoms with Gasteiger partial charge in [0.15, 0.2) is 0 Å². The predicted octanol–water partition coefficient (Wildman–Crippen LogP) is 4.99. The van der Waals surface area contributed by atoms with Crippen LogP contribution in [-0.2, 0) is 4.74 Å². The van der Waals surface area contributed by atoms with Gasteiger partial charge < -0.3 is 14.6 Å². The first-order valence-electron chi connectivity index (χ1n) is 9.10. The van der Waals surface area contributed by atoms with Gasteiger partial charge in [-0.05, 0) is 55.7 Å². The average molecular weight is 349 g/mol. The molecule has 5 heteroatoms. The molecule has 0 radical (unpaired) electrons. The van der Waals surface area contributed by atoms with Crippen LogP contribution < -0.4 is 5.32 Å². The number of rotatable bonds is 4. The number of aromatic nitrogens is 2. The summed E-state index contributed by atoms with van der Waals surface area (Å²) in [7, 11) is 1.40. The van der Waals surface area contributed by atoms with Crippen LogP contribution in [0.1, 0.15) is 47.6 Å². The third-order valence-corrected chi connectivity index (χ3v) is 5.07. The van der Waals surface area contributed by atoms with E-state index in [0.717, 1.165) is 35.5 Å². The second kappa shape index (κ2) is 6.83. The third-order valence-electron chi connectivity index (χ3n) is 5.07. The van der Waals surface area contributed by atoms with Gasteiger partial charge in [-0.15, -0.1) is 0 Å². The molecule has 1 N–H and O–H groups in total. The summed E-state index contributed by atoms with van der Waals surface area (Å²) in [6.45, 7) is 2.08. The Hall–Kier alpha value is -2.82. The number of carbonyl (C=O) groups excluding carboxylic acids is 1. The minimum Gasteiger partial charge on any atom is -0.465 e. The van der Waals surface area contributed by atoms with E-state index in [0.29, 0.717) is 11.6 Å². The van der Waals surface area contributed by atoms with E-state index >= 15 is 0 Å². The molecule has 0 spiro atoms. The van der Waals surface area contributed by atoms with Crippen LogP contribution in [0.5, 0.6) is 0 Å². The van der Waals surface area contributed by atoms with Crippen molar-refractivity contribution in [3.05, 3.63) is 53.6 Å². The van der Waals surface area contributed by atoms with Crippen molar-refractivity contribution >= 4 is 28.6 Å². The van der Waals surface area contributed by atoms with E-state index in [1.807, 2.05) is 30.3 Å². The van der Waals surface area contributed by atoms with Gasteiger partial charge in [0.1, 0.15) is 0 Å². The van der Waals surface area contributed by atoms with Gasteiger partial charge >= 0.3 is 5.97 Å². The van der Waals surface area contributed by atoms with Crippen molar-refractivity contribution in [2.24, 2.45) is 0 Å². The topological polar surface area (TPSA) is 56.1 Å². The molecule has 0 aliphatic heterocycles. The van der Waals surface area contributed by atoms with E-state index in [1.54, 1.807) is 0 Å². The monoisotopic (exact) mass is 349 g/mol. The Labute approximate surface area is 153 Å². The SMILES string of the molecule is COC(=O)c1ccc2c(c1)nc(Nc1cccc(C)c1)n2C1CCCC1. The summed E-state index contributed by atoms with van der Waals surface area (Å²) in [5.41, 5.74) is 4.62. The number of methoxy groups -OCH3 is 1. The van der Waals surface area contributed by atoms with E-state index in [1.165, 1.54) is 25.5 Å². The summed E-state index contributed by atoms with van der Waals surface area (Å²) in [5, 5.41) is 3.48. The molecule has 0 atom stereocenters. The van der Waals surface area contributed by atoms with Crippen molar-refractivity contribution in [2.45, 2.75) is 38.6 Å². The largest absolute Gasteiger partial charge is 0.465 e. The molecule has 0 bridgehead atoms. The summed E-state index contributed by atoms with van der Waals surface area (Å²) >= 11 is 0. The Morgan fingerprint density at radius 3 is 2.73 bits per heavy atom. The molecule has 1 aliphatic rings. The molecule has 4 rings (SSSR count). The van der Waals surface area contributed by atoms with E-state index < -0.39 is 0 Å². The van der Waals surface area contributed by atoms with Gasteiger partial charge in [0.05, 0.1) is 23.7 Å². The fourth-order valence-corrected chi connectivity index (χ4v) is 3.82. The second-order valence-electron chi connectivity index (χ2n) is 6.93. The van der Waals surface area contributed by atoms with E-state index in [2.05, 4.69) is 28.9 Å². The van der Waals surface area contributed by atoms with Crippen LogP contribution in [0.2, 0.25) is 0 Å². The molecular weight excluding hydrogens is 326 g/mol. The van der Waals surface area contributed by atoms with E-state index in [-0.39, 0.29) is 5.97 Å². The number of carbonyl (C=O) groups is 1. The number of aryl methyl sites for hydroxylation is 1. The maximum Gasteiger partial charge on any atom is 0.337 e. The molecule has 1 aromatic heterocycles. The van der Waals surface area contributed by atoms with Crippen LogP contribution in [0.3, 0.4) is 0 Å². The standard InChI is InChI=1S/C21H23N3O2/c1-14-6-5-7-16(12-14)22-21-23-18-13-15(20(25)26-2)10-11-19(18)24(21)17-8-3-4-9-17/h5-7,10-13,17H,3-4,8-9H2,1-2H3,(H,22,23). The van der Waals surface area contributed by atoms with Crippen molar-refractivity contribution in [2.75, 3.05) is 12.4 Å². The van der Waals surface area contributed by atoms with Crippen molar-refractivity contribution in [1.29, 1.82) is 0 Å². The van der Waals surface area contributed by atoms with Gasteiger partial charge in [-0.3, -0.25) is 0 Å². The van der Waals surface area contributed by atoms with Crippen molar-refractivity contribution < 1.29 is 9.53 Å². The molecule has 2 aromatic carbocycles. The molecule has 1 heterocycles. The number of fused-ring (bicyclic) bond motifs is 1. The molecule has 5 nitrogen and oxygen atoms in total. The molecule has 0 amide bonds. The normalized spacial score (nSPS) is 14.7. The molecule has 26 heavy (non-hydrogen) atoms. The second-order valence-corrected chi connectivity index (χ2v) is 6.93. The molecule has 3 aromatic rings. The number of benzene rings is 2. The van der Waals surface area contributed by atoms with Crippen LogP contribution in [0, 0.1) is 6.92 Å². The summed E-state index contributed by atoms with van der Waals surface area (Å²) in [4.78, 5) is 16.7. The number of hydrogen-bond donors (Lipinski definition) is 1. The number of nitrogens with one attached hydrogen (secondary N) is 1. The highest BCUT2D eigenvalue weighted by Gasteiger charge is 2.23. The van der Waals surface area contributed by atoms with Gasteiger partial charge in [0, 0.05) is 11.7 Å². The number of hydrogen-bond acceptors (Lipinski definition) is 4. The van der Waals surface area contributed by atoms with Crippen LogP contribution in [0.4, 0.5) is 11.6 Å². The maximum absolute atomic E-state index is 11.9. The van der Waals surface area contributed by atoms with Gasteiger partial charge in [-0.25, -0.2) is 9.78 Å². The summed E-state index contributed by atoms with van der Waals surface area (Å²) in [5.74, 6) is 0.495. The highest BCUT2D eigenvalue weighted by atomic mass is 16.5. The van der Waals surface area contributed by atoms with E-state index in [4.69, 9.17) is 9.72 Å². The smallest absolute Gasteiger partial charge is 0.337 e. The van der Waals surface area contributed by atoms with Crippen molar-refractivity contribution in [1.82, 2.24) is 9.55 Å². The van der Waals surface area contributed by atoms with Gasteiger partial charge in [0.2, 0.25) is 5.95 Å². The lowest BCUT2D eigenvalue weighted by Crippen LogP contribution is -2.09. The zero-order valence-corrected chi connectivity index (χ0v) is 15.2. The Balaban J connectivity index is 1.81. The van der Waals surface area contributed by atoms with Crippen LogP contribution >= 0.6 is 0 Å². The molecule has 0 unspecified atom stereocenters. The molecule has 1 fully saturated rings. The quantitative estimate of drug-likeness (QED) is 0.674. The first-order chi connectivity index (χ1) is 12.7. The van der Waals surface area contributed by atoms with E-state index in [9.17, 15) is 4.79 Å². The Morgan fingerprint density at radius 1 is 1.19 bits per heavy atom. The zero-order valence-electron chi connectivity index (χ0n) is 15.2. The van der Waals surface area contributed by atoms with Gasteiger partial charge in [-0.2, -0.15) is 0 Å². The number of imidazole rings is 1. The summed E-state index contributed by atoms with van der Waals surface area (Å²) < 4.78 is 7.14. The lowest BCUT2D eigenvalue weighted by molar-refractivity contribution is 0.0601.